The summed E-state index contributed by atoms with van der Waals surface area (Å²) in [5, 5.41) is 3.90. The molecule has 10 heteroatoms. The zero-order valence-corrected chi connectivity index (χ0v) is 26.5. The third-order valence-corrected chi connectivity index (χ3v) is 8.20. The van der Waals surface area contributed by atoms with E-state index in [0.717, 1.165) is 16.9 Å². The number of amidine groups is 1. The van der Waals surface area contributed by atoms with E-state index in [1.54, 1.807) is 29.2 Å². The Hall–Kier alpha value is -4.05. The molecule has 1 aliphatic heterocycles. The average molecular weight is 677 g/mol. The molecule has 1 heterocycles. The van der Waals surface area contributed by atoms with Crippen LogP contribution in [0.3, 0.4) is 0 Å². The van der Waals surface area contributed by atoms with Gasteiger partial charge in [-0.1, -0.05) is 54.1 Å². The summed E-state index contributed by atoms with van der Waals surface area (Å²) < 4.78 is 12.3. The Kier molecular flexibility index (Phi) is 9.86. The number of carbonyl (C=O) groups is 2. The van der Waals surface area contributed by atoms with Gasteiger partial charge in [0.1, 0.15) is 0 Å². The van der Waals surface area contributed by atoms with Crippen LogP contribution in [-0.4, -0.2) is 30.2 Å². The maximum absolute atomic E-state index is 13.7. The lowest BCUT2D eigenvalue weighted by molar-refractivity contribution is -0.118. The van der Waals surface area contributed by atoms with Gasteiger partial charge in [0.25, 0.3) is 11.8 Å². The zero-order valence-electron chi connectivity index (χ0n) is 23.3. The van der Waals surface area contributed by atoms with Crippen LogP contribution in [0.5, 0.6) is 11.5 Å². The third kappa shape index (κ3) is 7.48. The molecular weight excluding hydrogens is 650 g/mol. The van der Waals surface area contributed by atoms with Crippen LogP contribution in [0.25, 0.3) is 6.08 Å². The highest BCUT2D eigenvalue weighted by Gasteiger charge is 2.34. The van der Waals surface area contributed by atoms with Crippen LogP contribution >= 0.6 is 39.3 Å². The average Bonchev–Trinajstić information content (AvgIpc) is 3.29. The number of anilines is 2. The largest absolute Gasteiger partial charge is 0.490 e. The Bertz CT molecular complexity index is 1710. The highest BCUT2D eigenvalue weighted by atomic mass is 79.9. The predicted molar refractivity (Wildman–Crippen MR) is 179 cm³/mol. The zero-order chi connectivity index (χ0) is 30.3. The summed E-state index contributed by atoms with van der Waals surface area (Å²) >= 11 is 11.0. The van der Waals surface area contributed by atoms with E-state index < -0.39 is 0 Å². The molecule has 0 unspecified atom stereocenters. The van der Waals surface area contributed by atoms with Gasteiger partial charge in [-0.25, -0.2) is 4.99 Å². The summed E-state index contributed by atoms with van der Waals surface area (Å²) in [4.78, 5) is 33.2. The highest BCUT2D eigenvalue weighted by Crippen LogP contribution is 2.41. The van der Waals surface area contributed by atoms with E-state index in [9.17, 15) is 9.59 Å². The van der Waals surface area contributed by atoms with E-state index in [4.69, 9.17) is 26.1 Å². The second-order valence-electron chi connectivity index (χ2n) is 9.38. The number of halogens is 2. The number of hydrogen-bond acceptors (Lipinski definition) is 6. The van der Waals surface area contributed by atoms with Crippen LogP contribution < -0.4 is 19.7 Å². The molecule has 7 nitrogen and oxygen atoms in total. The molecule has 4 aromatic carbocycles. The number of ether oxygens (including phenoxy) is 2. The van der Waals surface area contributed by atoms with Crippen LogP contribution in [-0.2, 0) is 9.59 Å². The first-order chi connectivity index (χ1) is 20.8. The summed E-state index contributed by atoms with van der Waals surface area (Å²) in [6.45, 7) is 3.88. The Morgan fingerprint density at radius 2 is 1.74 bits per heavy atom. The Labute approximate surface area is 267 Å². The predicted octanol–water partition coefficient (Wildman–Crippen LogP) is 8.64. The number of carbonyl (C=O) groups excluding carboxylic acids is 2. The molecule has 2 amide bonds. The molecule has 0 aromatic heterocycles. The number of nitrogens with zero attached hydrogens (tertiary/aromatic N) is 2. The molecule has 0 bridgehead atoms. The molecule has 1 saturated heterocycles. The van der Waals surface area contributed by atoms with Crippen LogP contribution in [0.1, 0.15) is 18.1 Å². The molecular formula is C33H27BrClN3O4S. The smallest absolute Gasteiger partial charge is 0.271 e. The fourth-order valence-corrected chi connectivity index (χ4v) is 5.95. The molecule has 0 aliphatic carbocycles. The van der Waals surface area contributed by atoms with Crippen molar-refractivity contribution in [1.29, 1.82) is 0 Å². The first kappa shape index (κ1) is 30.4. The highest BCUT2D eigenvalue weighted by molar-refractivity contribution is 9.10. The summed E-state index contributed by atoms with van der Waals surface area (Å²) in [7, 11) is 0. The number of para-hydroxylation sites is 2. The molecule has 0 radical (unpaired) electrons. The minimum atomic E-state index is -0.348. The molecule has 0 saturated carbocycles. The molecule has 5 rings (SSSR count). The third-order valence-electron chi connectivity index (χ3n) is 6.23. The van der Waals surface area contributed by atoms with Gasteiger partial charge >= 0.3 is 0 Å². The van der Waals surface area contributed by atoms with Crippen LogP contribution in [0.4, 0.5) is 17.1 Å². The second-order valence-corrected chi connectivity index (χ2v) is 11.7. The molecule has 1 N–H and O–H groups in total. The first-order valence-electron chi connectivity index (χ1n) is 13.4. The number of aliphatic imine (C=N–C) groups is 1. The van der Waals surface area contributed by atoms with Gasteiger partial charge in [-0.15, -0.1) is 0 Å². The minimum absolute atomic E-state index is 0.187. The van der Waals surface area contributed by atoms with E-state index in [-0.39, 0.29) is 18.4 Å². The number of hydrogen-bond donors (Lipinski definition) is 1. The molecule has 0 atom stereocenters. The van der Waals surface area contributed by atoms with Crippen molar-refractivity contribution in [2.45, 2.75) is 13.8 Å². The summed E-state index contributed by atoms with van der Waals surface area (Å²) in [5.74, 6) is 0.278. The maximum Gasteiger partial charge on any atom is 0.271 e. The van der Waals surface area contributed by atoms with E-state index in [1.165, 1.54) is 11.8 Å². The van der Waals surface area contributed by atoms with Crippen molar-refractivity contribution in [3.05, 3.63) is 117 Å². The van der Waals surface area contributed by atoms with Crippen LogP contribution in [0.15, 0.2) is 105 Å². The quantitative estimate of drug-likeness (QED) is 0.180. The topological polar surface area (TPSA) is 80.2 Å². The first-order valence-corrected chi connectivity index (χ1v) is 15.4. The lowest BCUT2D eigenvalue weighted by Crippen LogP contribution is -2.28. The normalized spacial score (nSPS) is 14.8. The Balaban J connectivity index is 1.39. The number of thioether (sulfide) groups is 1. The number of amides is 2. The molecule has 4 aromatic rings. The lowest BCUT2D eigenvalue weighted by atomic mass is 10.1. The maximum atomic E-state index is 13.7. The van der Waals surface area contributed by atoms with Crippen molar-refractivity contribution in [1.82, 2.24) is 0 Å². The number of nitrogens with one attached hydrogen (secondary N) is 1. The molecule has 1 fully saturated rings. The van der Waals surface area contributed by atoms with E-state index in [2.05, 4.69) is 21.2 Å². The SMILES string of the molecule is CCOc1cc(/C=C2\SC(=Nc3ccccc3)N(c3ccccc3)C2=O)cc(Br)c1OCC(=O)Nc1ccc(C)c(Cl)c1. The van der Waals surface area contributed by atoms with Gasteiger partial charge in [0, 0.05) is 10.7 Å². The van der Waals surface area contributed by atoms with Gasteiger partial charge in [-0.05, 0) is 107 Å². The van der Waals surface area contributed by atoms with Gasteiger partial charge in [-0.3, -0.25) is 14.5 Å². The van der Waals surface area contributed by atoms with Crippen LogP contribution in [0.2, 0.25) is 5.02 Å². The van der Waals surface area contributed by atoms with Gasteiger partial charge in [0.15, 0.2) is 23.3 Å². The van der Waals surface area contributed by atoms with Crippen molar-refractivity contribution in [3.8, 4) is 11.5 Å². The van der Waals surface area contributed by atoms with Crippen molar-refractivity contribution in [3.63, 3.8) is 0 Å². The second kappa shape index (κ2) is 13.9. The molecule has 1 aliphatic rings. The molecule has 218 valence electrons. The van der Waals surface area contributed by atoms with Gasteiger partial charge in [0.2, 0.25) is 0 Å². The van der Waals surface area contributed by atoms with Gasteiger partial charge in [-0.2, -0.15) is 0 Å². The fourth-order valence-electron chi connectivity index (χ4n) is 4.20. The fraction of sp³-hybridized carbons (Fsp3) is 0.121. The Morgan fingerprint density at radius 1 is 1.02 bits per heavy atom. The van der Waals surface area contributed by atoms with Crippen molar-refractivity contribution >= 4 is 79.4 Å². The van der Waals surface area contributed by atoms with Crippen molar-refractivity contribution in [2.24, 2.45) is 4.99 Å². The number of rotatable bonds is 9. The van der Waals surface area contributed by atoms with Gasteiger partial charge < -0.3 is 14.8 Å². The van der Waals surface area contributed by atoms with Gasteiger partial charge in [0.05, 0.1) is 27.4 Å². The van der Waals surface area contributed by atoms with E-state index >= 15 is 0 Å². The summed E-state index contributed by atoms with van der Waals surface area (Å²) in [6, 6.07) is 27.8. The van der Waals surface area contributed by atoms with Crippen molar-refractivity contribution in [2.75, 3.05) is 23.4 Å². The summed E-state index contributed by atoms with van der Waals surface area (Å²) in [5.41, 5.74) is 3.68. The minimum Gasteiger partial charge on any atom is -0.490 e. The summed E-state index contributed by atoms with van der Waals surface area (Å²) in [6.07, 6.45) is 1.79. The van der Waals surface area contributed by atoms with Crippen molar-refractivity contribution < 1.29 is 19.1 Å². The van der Waals surface area contributed by atoms with Crippen LogP contribution in [0, 0.1) is 6.92 Å². The van der Waals surface area contributed by atoms with E-state index in [1.807, 2.05) is 86.6 Å². The monoisotopic (exact) mass is 675 g/mol. The number of aryl methyl sites for hydroxylation is 1. The lowest BCUT2D eigenvalue weighted by Gasteiger charge is -2.15. The standard InChI is InChI=1S/C33H27BrClN3O4S/c1-3-41-28-17-22(16-26(34)31(28)42-20-30(39)36-24-15-14-21(2)27(35)19-24)18-29-32(40)38(25-12-8-5-9-13-25)33(43-29)37-23-10-6-4-7-11-23/h4-19H,3,20H2,1-2H3,(H,36,39)/b29-18-,37-33?. The Morgan fingerprint density at radius 3 is 2.44 bits per heavy atom. The number of benzene rings is 4. The van der Waals surface area contributed by atoms with E-state index in [0.29, 0.717) is 48.9 Å². The molecule has 0 spiro atoms. The molecule has 43 heavy (non-hydrogen) atoms.